The molecule has 0 aliphatic carbocycles. The lowest BCUT2D eigenvalue weighted by Gasteiger charge is -2.16. The number of hydrogen-bond acceptors (Lipinski definition) is 4. The van der Waals surface area contributed by atoms with Crippen molar-refractivity contribution in [3.8, 4) is 5.75 Å². The van der Waals surface area contributed by atoms with E-state index in [9.17, 15) is 19.5 Å². The lowest BCUT2D eigenvalue weighted by Crippen LogP contribution is -2.33. The standard InChI is InChI=1S/C18H24N2O5/c1-12(21)19-9-4-2-3-5-16(22)20-17(18(23)24)14-6-7-15-13(11-14)8-10-25-15/h6-7,11,17H,2-5,8-10H2,1H3,(H,19,21)(H,20,22)(H,23,24). The second-order valence-corrected chi connectivity index (χ2v) is 6.10. The highest BCUT2D eigenvalue weighted by Crippen LogP contribution is 2.28. The van der Waals surface area contributed by atoms with E-state index in [0.717, 1.165) is 30.6 Å². The molecule has 7 nitrogen and oxygen atoms in total. The van der Waals surface area contributed by atoms with Gasteiger partial charge >= 0.3 is 5.97 Å². The summed E-state index contributed by atoms with van der Waals surface area (Å²) in [5, 5.41) is 14.7. The van der Waals surface area contributed by atoms with Crippen molar-refractivity contribution in [2.24, 2.45) is 0 Å². The number of nitrogens with one attached hydrogen (secondary N) is 2. The van der Waals surface area contributed by atoms with E-state index in [4.69, 9.17) is 4.74 Å². The van der Waals surface area contributed by atoms with Crippen molar-refractivity contribution in [2.45, 2.75) is 45.1 Å². The van der Waals surface area contributed by atoms with Crippen LogP contribution in [0.5, 0.6) is 5.75 Å². The maximum Gasteiger partial charge on any atom is 0.330 e. The highest BCUT2D eigenvalue weighted by molar-refractivity contribution is 5.84. The summed E-state index contributed by atoms with van der Waals surface area (Å²) in [4.78, 5) is 34.3. The molecular formula is C18H24N2O5. The van der Waals surface area contributed by atoms with E-state index in [2.05, 4.69) is 10.6 Å². The number of aliphatic carboxylic acids is 1. The first-order valence-corrected chi connectivity index (χ1v) is 8.49. The van der Waals surface area contributed by atoms with Gasteiger partial charge in [-0.15, -0.1) is 0 Å². The van der Waals surface area contributed by atoms with E-state index in [1.165, 1.54) is 6.92 Å². The van der Waals surface area contributed by atoms with Crippen molar-refractivity contribution in [1.82, 2.24) is 10.6 Å². The highest BCUT2D eigenvalue weighted by Gasteiger charge is 2.24. The average molecular weight is 348 g/mol. The van der Waals surface area contributed by atoms with Crippen LogP contribution < -0.4 is 15.4 Å². The Kier molecular flexibility index (Phi) is 6.80. The van der Waals surface area contributed by atoms with Gasteiger partial charge in [0.15, 0.2) is 6.04 Å². The summed E-state index contributed by atoms with van der Waals surface area (Å²) in [6, 6.07) is 4.16. The maximum atomic E-state index is 12.0. The molecule has 2 rings (SSSR count). The van der Waals surface area contributed by atoms with E-state index in [1.807, 2.05) is 0 Å². The number of fused-ring (bicyclic) bond motifs is 1. The fourth-order valence-corrected chi connectivity index (χ4v) is 2.76. The van der Waals surface area contributed by atoms with Gasteiger partial charge in [0, 0.05) is 26.3 Å². The van der Waals surface area contributed by atoms with Gasteiger partial charge in [-0.1, -0.05) is 12.5 Å². The molecule has 1 heterocycles. The molecule has 1 aromatic rings. The topological polar surface area (TPSA) is 105 Å². The molecule has 1 aliphatic heterocycles. The van der Waals surface area contributed by atoms with E-state index < -0.39 is 12.0 Å². The van der Waals surface area contributed by atoms with Crippen molar-refractivity contribution in [2.75, 3.05) is 13.2 Å². The molecule has 2 amide bonds. The molecule has 0 spiro atoms. The Bertz CT molecular complexity index is 644. The monoisotopic (exact) mass is 348 g/mol. The van der Waals surface area contributed by atoms with E-state index in [1.54, 1.807) is 18.2 Å². The number of carbonyl (C=O) groups is 3. The van der Waals surface area contributed by atoms with Crippen LogP contribution in [0.3, 0.4) is 0 Å². The van der Waals surface area contributed by atoms with Crippen LogP contribution in [0.25, 0.3) is 0 Å². The average Bonchev–Trinajstić information content (AvgIpc) is 3.02. The van der Waals surface area contributed by atoms with Gasteiger partial charge in [0.05, 0.1) is 6.61 Å². The van der Waals surface area contributed by atoms with Crippen LogP contribution in [0.4, 0.5) is 0 Å². The first-order valence-electron chi connectivity index (χ1n) is 8.49. The second-order valence-electron chi connectivity index (χ2n) is 6.10. The number of carboxylic acid groups (broad SMARTS) is 1. The number of hydrogen-bond donors (Lipinski definition) is 3. The first kappa shape index (κ1) is 18.8. The van der Waals surface area contributed by atoms with Gasteiger partial charge < -0.3 is 20.5 Å². The zero-order valence-corrected chi connectivity index (χ0v) is 14.3. The van der Waals surface area contributed by atoms with Gasteiger partial charge in [0.1, 0.15) is 5.75 Å². The van der Waals surface area contributed by atoms with Crippen molar-refractivity contribution >= 4 is 17.8 Å². The molecule has 0 saturated heterocycles. The summed E-state index contributed by atoms with van der Waals surface area (Å²) < 4.78 is 5.41. The van der Waals surface area contributed by atoms with Gasteiger partial charge in [-0.25, -0.2) is 4.79 Å². The van der Waals surface area contributed by atoms with Crippen LogP contribution >= 0.6 is 0 Å². The van der Waals surface area contributed by atoms with Crippen molar-refractivity contribution in [3.05, 3.63) is 29.3 Å². The summed E-state index contributed by atoms with van der Waals surface area (Å²) in [5.41, 5.74) is 1.52. The molecule has 0 aromatic heterocycles. The molecule has 25 heavy (non-hydrogen) atoms. The number of carbonyl (C=O) groups excluding carboxylic acids is 2. The molecular weight excluding hydrogens is 324 g/mol. The summed E-state index contributed by atoms with van der Waals surface area (Å²) in [7, 11) is 0. The van der Waals surface area contributed by atoms with Crippen LogP contribution in [0.1, 0.15) is 49.8 Å². The number of ether oxygens (including phenoxy) is 1. The molecule has 1 atom stereocenters. The van der Waals surface area contributed by atoms with Crippen LogP contribution in [0.2, 0.25) is 0 Å². The van der Waals surface area contributed by atoms with E-state index in [0.29, 0.717) is 25.1 Å². The molecule has 0 saturated carbocycles. The number of benzene rings is 1. The lowest BCUT2D eigenvalue weighted by molar-refractivity contribution is -0.142. The Balaban J connectivity index is 1.82. The summed E-state index contributed by atoms with van der Waals surface area (Å²) in [6.07, 6.45) is 3.24. The predicted octanol–water partition coefficient (Wildman–Crippen LogP) is 1.56. The third-order valence-corrected chi connectivity index (χ3v) is 4.05. The van der Waals surface area contributed by atoms with Gasteiger partial charge in [-0.05, 0) is 36.1 Å². The highest BCUT2D eigenvalue weighted by atomic mass is 16.5. The Labute approximate surface area is 146 Å². The number of carboxylic acids is 1. The first-order chi connectivity index (χ1) is 12.0. The summed E-state index contributed by atoms with van der Waals surface area (Å²) in [6.45, 7) is 2.65. The molecule has 7 heteroatoms. The maximum absolute atomic E-state index is 12.0. The zero-order valence-electron chi connectivity index (χ0n) is 14.3. The molecule has 0 radical (unpaired) electrons. The smallest absolute Gasteiger partial charge is 0.330 e. The van der Waals surface area contributed by atoms with E-state index in [-0.39, 0.29) is 18.2 Å². The Morgan fingerprint density at radius 3 is 2.76 bits per heavy atom. The quantitative estimate of drug-likeness (QED) is 0.588. The van der Waals surface area contributed by atoms with Crippen molar-refractivity contribution in [1.29, 1.82) is 0 Å². The van der Waals surface area contributed by atoms with Gasteiger partial charge in [-0.3, -0.25) is 9.59 Å². The number of rotatable bonds is 9. The summed E-state index contributed by atoms with van der Waals surface area (Å²) >= 11 is 0. The van der Waals surface area contributed by atoms with Gasteiger partial charge in [0.25, 0.3) is 0 Å². The molecule has 1 aliphatic rings. The Hall–Kier alpha value is -2.57. The van der Waals surface area contributed by atoms with Gasteiger partial charge in [0.2, 0.25) is 11.8 Å². The van der Waals surface area contributed by atoms with Crippen LogP contribution in [-0.2, 0) is 20.8 Å². The lowest BCUT2D eigenvalue weighted by atomic mass is 10.0. The normalized spacial score (nSPS) is 13.5. The van der Waals surface area contributed by atoms with Gasteiger partial charge in [-0.2, -0.15) is 0 Å². The largest absolute Gasteiger partial charge is 0.493 e. The fraction of sp³-hybridized carbons (Fsp3) is 0.500. The Morgan fingerprint density at radius 1 is 1.24 bits per heavy atom. The zero-order chi connectivity index (χ0) is 18.2. The SMILES string of the molecule is CC(=O)NCCCCCC(=O)NC(C(=O)O)c1ccc2c(c1)CCO2. The van der Waals surface area contributed by atoms with Crippen molar-refractivity contribution in [3.63, 3.8) is 0 Å². The minimum Gasteiger partial charge on any atom is -0.493 e. The van der Waals surface area contributed by atoms with Crippen LogP contribution in [-0.4, -0.2) is 36.0 Å². The molecule has 1 unspecified atom stereocenters. The van der Waals surface area contributed by atoms with E-state index >= 15 is 0 Å². The number of amides is 2. The molecule has 1 aromatic carbocycles. The minimum absolute atomic E-state index is 0.0678. The van der Waals surface area contributed by atoms with Crippen LogP contribution in [0.15, 0.2) is 18.2 Å². The molecule has 0 bridgehead atoms. The third kappa shape index (κ3) is 5.77. The van der Waals surface area contributed by atoms with Crippen LogP contribution in [0, 0.1) is 0 Å². The Morgan fingerprint density at radius 2 is 2.04 bits per heavy atom. The third-order valence-electron chi connectivity index (χ3n) is 4.05. The molecule has 0 fully saturated rings. The predicted molar refractivity (Wildman–Crippen MR) is 91.3 cm³/mol. The molecule has 136 valence electrons. The second kappa shape index (κ2) is 9.05. The summed E-state index contributed by atoms with van der Waals surface area (Å²) in [5.74, 6) is -0.665. The number of unbranched alkanes of at least 4 members (excludes halogenated alkanes) is 2. The molecule has 3 N–H and O–H groups in total. The minimum atomic E-state index is -1.09. The fourth-order valence-electron chi connectivity index (χ4n) is 2.76. The van der Waals surface area contributed by atoms with Crippen molar-refractivity contribution < 1.29 is 24.2 Å².